The quantitative estimate of drug-likeness (QED) is 0.481. The van der Waals surface area contributed by atoms with E-state index in [4.69, 9.17) is 0 Å². The summed E-state index contributed by atoms with van der Waals surface area (Å²) >= 11 is 0. The number of rotatable bonds is 10. The number of aryl methyl sites for hydroxylation is 1. The Morgan fingerprint density at radius 3 is 2.19 bits per heavy atom. The van der Waals surface area contributed by atoms with E-state index in [0.717, 1.165) is 23.0 Å². The standard InChI is InChI=1S/C21H27N5O4S2/c1-24(2)32(29,30)19-12-10-18(11-13-19)31(27,28)23-20-8-4-5-9-21(20)25(3)15-7-17-26-16-6-14-22-26/h4-6,8-14,16,23H,7,15,17H2,1-3H3. The lowest BCUT2D eigenvalue weighted by Gasteiger charge is -2.23. The summed E-state index contributed by atoms with van der Waals surface area (Å²) in [4.78, 5) is 1.98. The van der Waals surface area contributed by atoms with Crippen molar-refractivity contribution < 1.29 is 16.8 Å². The molecule has 0 aliphatic rings. The van der Waals surface area contributed by atoms with Gasteiger partial charge >= 0.3 is 0 Å². The average molecular weight is 478 g/mol. The normalized spacial score (nSPS) is 12.1. The minimum atomic E-state index is -3.91. The molecule has 1 heterocycles. The van der Waals surface area contributed by atoms with Crippen molar-refractivity contribution in [2.45, 2.75) is 22.8 Å². The van der Waals surface area contributed by atoms with Gasteiger partial charge in [0.25, 0.3) is 10.0 Å². The second-order valence-electron chi connectivity index (χ2n) is 7.43. The zero-order valence-electron chi connectivity index (χ0n) is 18.2. The minimum absolute atomic E-state index is 0.0219. The van der Waals surface area contributed by atoms with Crippen molar-refractivity contribution in [2.75, 3.05) is 37.3 Å². The maximum atomic E-state index is 12.9. The molecule has 0 saturated heterocycles. The molecule has 1 N–H and O–H groups in total. The van der Waals surface area contributed by atoms with Gasteiger partial charge in [0.1, 0.15) is 0 Å². The maximum Gasteiger partial charge on any atom is 0.261 e. The highest BCUT2D eigenvalue weighted by Gasteiger charge is 2.21. The number of para-hydroxylation sites is 2. The van der Waals surface area contributed by atoms with Crippen LogP contribution in [0, 0.1) is 0 Å². The minimum Gasteiger partial charge on any atom is -0.373 e. The van der Waals surface area contributed by atoms with E-state index < -0.39 is 20.0 Å². The maximum absolute atomic E-state index is 12.9. The van der Waals surface area contributed by atoms with Crippen molar-refractivity contribution in [3.05, 3.63) is 67.0 Å². The zero-order chi connectivity index (χ0) is 23.4. The fourth-order valence-corrected chi connectivity index (χ4v) is 5.10. The Bertz CT molecular complexity index is 1240. The number of nitrogens with zero attached hydrogens (tertiary/aromatic N) is 4. The van der Waals surface area contributed by atoms with Crippen LogP contribution < -0.4 is 9.62 Å². The Morgan fingerprint density at radius 2 is 1.56 bits per heavy atom. The number of anilines is 2. The van der Waals surface area contributed by atoms with E-state index in [1.165, 1.54) is 38.4 Å². The molecule has 0 aliphatic heterocycles. The van der Waals surface area contributed by atoms with Gasteiger partial charge < -0.3 is 4.90 Å². The molecule has 0 atom stereocenters. The van der Waals surface area contributed by atoms with Gasteiger partial charge in [-0.05, 0) is 48.9 Å². The van der Waals surface area contributed by atoms with Gasteiger partial charge in [-0.1, -0.05) is 12.1 Å². The molecule has 1 aromatic heterocycles. The molecule has 0 unspecified atom stereocenters. The summed E-state index contributed by atoms with van der Waals surface area (Å²) in [5, 5.41) is 4.18. The highest BCUT2D eigenvalue weighted by atomic mass is 32.2. The predicted molar refractivity (Wildman–Crippen MR) is 125 cm³/mol. The van der Waals surface area contributed by atoms with Crippen molar-refractivity contribution in [1.29, 1.82) is 0 Å². The Kier molecular flexibility index (Phi) is 7.22. The number of aromatic nitrogens is 2. The molecule has 0 saturated carbocycles. The SMILES string of the molecule is CN(CCCn1cccn1)c1ccccc1NS(=O)(=O)c1ccc(S(=O)(=O)N(C)C)cc1. The van der Waals surface area contributed by atoms with Crippen LogP contribution in [0.1, 0.15) is 6.42 Å². The third-order valence-corrected chi connectivity index (χ3v) is 8.12. The van der Waals surface area contributed by atoms with Crippen LogP contribution in [0.15, 0.2) is 76.8 Å². The van der Waals surface area contributed by atoms with Crippen molar-refractivity contribution in [2.24, 2.45) is 0 Å². The van der Waals surface area contributed by atoms with Crippen LogP contribution in [0.3, 0.4) is 0 Å². The highest BCUT2D eigenvalue weighted by molar-refractivity contribution is 7.92. The number of nitrogens with one attached hydrogen (secondary N) is 1. The van der Waals surface area contributed by atoms with E-state index in [-0.39, 0.29) is 9.79 Å². The predicted octanol–water partition coefficient (Wildman–Crippen LogP) is 2.46. The summed E-state index contributed by atoms with van der Waals surface area (Å²) in [6, 6.07) is 14.2. The molecule has 172 valence electrons. The van der Waals surface area contributed by atoms with E-state index in [1.807, 2.05) is 41.0 Å². The zero-order valence-corrected chi connectivity index (χ0v) is 19.8. The second-order valence-corrected chi connectivity index (χ2v) is 11.3. The van der Waals surface area contributed by atoms with Crippen LogP contribution in [-0.2, 0) is 26.6 Å². The molecular formula is C21H27N5O4S2. The monoisotopic (exact) mass is 477 g/mol. The molecule has 0 radical (unpaired) electrons. The van der Waals surface area contributed by atoms with Gasteiger partial charge in [0.2, 0.25) is 10.0 Å². The van der Waals surface area contributed by atoms with Crippen molar-refractivity contribution in [3.8, 4) is 0 Å². The van der Waals surface area contributed by atoms with E-state index in [2.05, 4.69) is 9.82 Å². The summed E-state index contributed by atoms with van der Waals surface area (Å²) in [5.41, 5.74) is 1.18. The van der Waals surface area contributed by atoms with E-state index >= 15 is 0 Å². The molecule has 0 bridgehead atoms. The van der Waals surface area contributed by atoms with Crippen LogP contribution in [0.4, 0.5) is 11.4 Å². The molecule has 32 heavy (non-hydrogen) atoms. The van der Waals surface area contributed by atoms with Crippen LogP contribution in [0.5, 0.6) is 0 Å². The molecule has 3 rings (SSSR count). The molecule has 11 heteroatoms. The largest absolute Gasteiger partial charge is 0.373 e. The third kappa shape index (κ3) is 5.47. The third-order valence-electron chi connectivity index (χ3n) is 4.91. The molecule has 2 aromatic carbocycles. The van der Waals surface area contributed by atoms with Crippen LogP contribution in [0.25, 0.3) is 0 Å². The van der Waals surface area contributed by atoms with Gasteiger partial charge in [-0.2, -0.15) is 5.10 Å². The van der Waals surface area contributed by atoms with Crippen LogP contribution >= 0.6 is 0 Å². The van der Waals surface area contributed by atoms with Crippen LogP contribution in [-0.4, -0.2) is 58.6 Å². The highest BCUT2D eigenvalue weighted by Crippen LogP contribution is 2.28. The first-order chi connectivity index (χ1) is 15.1. The fraction of sp³-hybridized carbons (Fsp3) is 0.286. The van der Waals surface area contributed by atoms with Gasteiger partial charge in [0, 0.05) is 46.6 Å². The first-order valence-corrected chi connectivity index (χ1v) is 12.9. The lowest BCUT2D eigenvalue weighted by atomic mass is 10.2. The fourth-order valence-electron chi connectivity index (χ4n) is 3.12. The van der Waals surface area contributed by atoms with Gasteiger partial charge in [-0.25, -0.2) is 21.1 Å². The molecule has 0 spiro atoms. The summed E-state index contributed by atoms with van der Waals surface area (Å²) in [6.07, 6.45) is 4.47. The van der Waals surface area contributed by atoms with Gasteiger partial charge in [-0.3, -0.25) is 9.40 Å². The van der Waals surface area contributed by atoms with E-state index in [9.17, 15) is 16.8 Å². The lowest BCUT2D eigenvalue weighted by molar-refractivity contribution is 0.520. The molecule has 0 aliphatic carbocycles. The Labute approximate surface area is 189 Å². The van der Waals surface area contributed by atoms with Crippen molar-refractivity contribution in [1.82, 2.24) is 14.1 Å². The second kappa shape index (κ2) is 9.72. The topological polar surface area (TPSA) is 105 Å². The number of hydrogen-bond donors (Lipinski definition) is 1. The van der Waals surface area contributed by atoms with E-state index in [0.29, 0.717) is 12.2 Å². The van der Waals surface area contributed by atoms with Gasteiger partial charge in [-0.15, -0.1) is 0 Å². The Morgan fingerprint density at radius 1 is 0.906 bits per heavy atom. The van der Waals surface area contributed by atoms with E-state index in [1.54, 1.807) is 18.3 Å². The summed E-state index contributed by atoms with van der Waals surface area (Å²) < 4.78 is 55.9. The summed E-state index contributed by atoms with van der Waals surface area (Å²) in [6.45, 7) is 1.46. The molecule has 0 amide bonds. The molecule has 9 nitrogen and oxygen atoms in total. The number of benzene rings is 2. The first kappa shape index (κ1) is 23.8. The number of sulfonamides is 2. The Hall–Kier alpha value is -2.89. The van der Waals surface area contributed by atoms with Crippen molar-refractivity contribution in [3.63, 3.8) is 0 Å². The average Bonchev–Trinajstić information content (AvgIpc) is 3.27. The van der Waals surface area contributed by atoms with Gasteiger partial charge in [0.05, 0.1) is 21.2 Å². The first-order valence-electron chi connectivity index (χ1n) is 9.94. The smallest absolute Gasteiger partial charge is 0.261 e. The Balaban J connectivity index is 1.75. The van der Waals surface area contributed by atoms with Crippen molar-refractivity contribution >= 4 is 31.4 Å². The van der Waals surface area contributed by atoms with Crippen LogP contribution in [0.2, 0.25) is 0 Å². The summed E-state index contributed by atoms with van der Waals surface area (Å²) in [5.74, 6) is 0. The van der Waals surface area contributed by atoms with Gasteiger partial charge in [0.15, 0.2) is 0 Å². The lowest BCUT2D eigenvalue weighted by Crippen LogP contribution is -2.23. The molecule has 0 fully saturated rings. The number of hydrogen-bond acceptors (Lipinski definition) is 6. The summed E-state index contributed by atoms with van der Waals surface area (Å²) in [7, 11) is -2.80. The molecule has 3 aromatic rings. The molecular weight excluding hydrogens is 450 g/mol.